The van der Waals surface area contributed by atoms with Crippen LogP contribution in [0.5, 0.6) is 0 Å². The number of nitrogens with zero attached hydrogens (tertiary/aromatic N) is 1. The van der Waals surface area contributed by atoms with E-state index in [1.54, 1.807) is 41.1 Å². The number of rotatable bonds is 3. The first kappa shape index (κ1) is 14.8. The van der Waals surface area contributed by atoms with Crippen molar-refractivity contribution in [1.29, 1.82) is 0 Å². The lowest BCUT2D eigenvalue weighted by molar-refractivity contribution is 0.597. The molecule has 112 valence electrons. The molecule has 0 bridgehead atoms. The minimum Gasteiger partial charge on any atom is -0.315 e. The summed E-state index contributed by atoms with van der Waals surface area (Å²) in [7, 11) is -3.81. The fourth-order valence-corrected chi connectivity index (χ4v) is 3.20. The van der Waals surface area contributed by atoms with Crippen LogP contribution in [0.3, 0.4) is 0 Å². The third kappa shape index (κ3) is 2.78. The average molecular weight is 333 g/mol. The quantitative estimate of drug-likeness (QED) is 0.798. The Morgan fingerprint density at radius 3 is 2.27 bits per heavy atom. The standard InChI is InChI=1S/C16H13ClN2O2S/c17-13-9-7-12(8-10-13)14-5-3-11-19(14)15-4-1-2-6-16(15)22(18,20)21/h1-11H,(H2,18,20,21). The Labute approximate surface area is 133 Å². The summed E-state index contributed by atoms with van der Waals surface area (Å²) >= 11 is 5.91. The van der Waals surface area contributed by atoms with E-state index in [4.69, 9.17) is 16.7 Å². The highest BCUT2D eigenvalue weighted by molar-refractivity contribution is 7.89. The third-order valence-electron chi connectivity index (χ3n) is 3.32. The van der Waals surface area contributed by atoms with Gasteiger partial charge in [0, 0.05) is 11.2 Å². The van der Waals surface area contributed by atoms with Gasteiger partial charge in [-0.3, -0.25) is 0 Å². The number of halogens is 1. The van der Waals surface area contributed by atoms with Crippen LogP contribution in [0.2, 0.25) is 5.02 Å². The summed E-state index contributed by atoms with van der Waals surface area (Å²) in [6.07, 6.45) is 1.80. The van der Waals surface area contributed by atoms with Gasteiger partial charge in [-0.2, -0.15) is 0 Å². The zero-order chi connectivity index (χ0) is 15.7. The third-order valence-corrected chi connectivity index (χ3v) is 4.53. The number of aromatic nitrogens is 1. The molecule has 1 aromatic heterocycles. The average Bonchev–Trinajstić information content (AvgIpc) is 2.96. The van der Waals surface area contributed by atoms with E-state index >= 15 is 0 Å². The van der Waals surface area contributed by atoms with Crippen LogP contribution in [-0.2, 0) is 10.0 Å². The maximum Gasteiger partial charge on any atom is 0.240 e. The number of nitrogens with two attached hydrogens (primary N) is 1. The van der Waals surface area contributed by atoms with E-state index in [0.717, 1.165) is 11.3 Å². The van der Waals surface area contributed by atoms with Crippen molar-refractivity contribution in [2.75, 3.05) is 0 Å². The lowest BCUT2D eigenvalue weighted by Gasteiger charge is -2.13. The Kier molecular flexibility index (Phi) is 3.78. The molecule has 0 unspecified atom stereocenters. The minimum atomic E-state index is -3.81. The number of benzene rings is 2. The van der Waals surface area contributed by atoms with Crippen LogP contribution < -0.4 is 5.14 Å². The van der Waals surface area contributed by atoms with E-state index in [9.17, 15) is 8.42 Å². The molecule has 0 saturated carbocycles. The Bertz CT molecular complexity index is 915. The van der Waals surface area contributed by atoms with Gasteiger partial charge in [0.05, 0.1) is 11.4 Å². The van der Waals surface area contributed by atoms with Crippen LogP contribution in [-0.4, -0.2) is 13.0 Å². The molecular weight excluding hydrogens is 320 g/mol. The van der Waals surface area contributed by atoms with Crippen molar-refractivity contribution in [2.45, 2.75) is 4.90 Å². The van der Waals surface area contributed by atoms with Crippen molar-refractivity contribution in [3.8, 4) is 16.9 Å². The molecule has 2 aromatic carbocycles. The van der Waals surface area contributed by atoms with Crippen LogP contribution in [0, 0.1) is 0 Å². The van der Waals surface area contributed by atoms with E-state index in [2.05, 4.69) is 0 Å². The molecule has 0 spiro atoms. The van der Waals surface area contributed by atoms with Gasteiger partial charge < -0.3 is 4.57 Å². The summed E-state index contributed by atoms with van der Waals surface area (Å²) in [6, 6.07) is 17.7. The number of hydrogen-bond donors (Lipinski definition) is 1. The Hall–Kier alpha value is -2.08. The molecule has 3 rings (SSSR count). The summed E-state index contributed by atoms with van der Waals surface area (Å²) in [5, 5.41) is 5.96. The largest absolute Gasteiger partial charge is 0.315 e. The van der Waals surface area contributed by atoms with Crippen molar-refractivity contribution < 1.29 is 8.42 Å². The zero-order valence-electron chi connectivity index (χ0n) is 11.5. The number of para-hydroxylation sites is 1. The van der Waals surface area contributed by atoms with E-state index < -0.39 is 10.0 Å². The number of sulfonamides is 1. The molecule has 0 aliphatic heterocycles. The first-order chi connectivity index (χ1) is 10.5. The van der Waals surface area contributed by atoms with Crippen molar-refractivity contribution in [1.82, 2.24) is 4.57 Å². The Balaban J connectivity index is 2.20. The van der Waals surface area contributed by atoms with Gasteiger partial charge in [0.1, 0.15) is 4.90 Å². The van der Waals surface area contributed by atoms with E-state index in [1.165, 1.54) is 6.07 Å². The summed E-state index contributed by atoms with van der Waals surface area (Å²) in [4.78, 5) is 0.0846. The van der Waals surface area contributed by atoms with Crippen molar-refractivity contribution in [3.05, 3.63) is 71.9 Å². The van der Waals surface area contributed by atoms with E-state index in [-0.39, 0.29) is 4.90 Å². The van der Waals surface area contributed by atoms with Gasteiger partial charge in [-0.05, 0) is 42.0 Å². The monoisotopic (exact) mass is 332 g/mol. The van der Waals surface area contributed by atoms with Gasteiger partial charge in [0.15, 0.2) is 0 Å². The topological polar surface area (TPSA) is 65.1 Å². The molecule has 0 amide bonds. The molecule has 6 heteroatoms. The van der Waals surface area contributed by atoms with Crippen molar-refractivity contribution in [3.63, 3.8) is 0 Å². The molecule has 3 aromatic rings. The summed E-state index contributed by atoms with van der Waals surface area (Å²) in [6.45, 7) is 0. The SMILES string of the molecule is NS(=O)(=O)c1ccccc1-n1cccc1-c1ccc(Cl)cc1. The highest BCUT2D eigenvalue weighted by Crippen LogP contribution is 2.28. The molecule has 0 saturated heterocycles. The molecule has 0 aliphatic rings. The minimum absolute atomic E-state index is 0.0846. The zero-order valence-corrected chi connectivity index (χ0v) is 13.1. The predicted octanol–water partition coefficient (Wildman–Crippen LogP) is 3.45. The molecule has 4 nitrogen and oxygen atoms in total. The second-order valence-corrected chi connectivity index (χ2v) is 6.75. The van der Waals surface area contributed by atoms with Gasteiger partial charge in [-0.15, -0.1) is 0 Å². The second-order valence-electron chi connectivity index (χ2n) is 4.78. The van der Waals surface area contributed by atoms with E-state index in [0.29, 0.717) is 10.7 Å². The van der Waals surface area contributed by atoms with Crippen molar-refractivity contribution >= 4 is 21.6 Å². The van der Waals surface area contributed by atoms with Gasteiger partial charge in [0.2, 0.25) is 10.0 Å². The fourth-order valence-electron chi connectivity index (χ4n) is 2.34. The molecule has 0 aliphatic carbocycles. The smallest absolute Gasteiger partial charge is 0.240 e. The molecule has 1 heterocycles. The van der Waals surface area contributed by atoms with Crippen LogP contribution in [0.1, 0.15) is 0 Å². The van der Waals surface area contributed by atoms with Gasteiger partial charge >= 0.3 is 0 Å². The highest BCUT2D eigenvalue weighted by atomic mass is 35.5. The first-order valence-electron chi connectivity index (χ1n) is 6.52. The highest BCUT2D eigenvalue weighted by Gasteiger charge is 2.16. The Morgan fingerprint density at radius 1 is 0.909 bits per heavy atom. The van der Waals surface area contributed by atoms with Gasteiger partial charge in [-0.1, -0.05) is 35.9 Å². The number of primary sulfonamides is 1. The summed E-state index contributed by atoms with van der Waals surface area (Å²) in [5.41, 5.74) is 2.30. The Morgan fingerprint density at radius 2 is 1.59 bits per heavy atom. The van der Waals surface area contributed by atoms with Crippen LogP contribution in [0.4, 0.5) is 0 Å². The van der Waals surface area contributed by atoms with Crippen molar-refractivity contribution in [2.24, 2.45) is 5.14 Å². The predicted molar refractivity (Wildman–Crippen MR) is 87.6 cm³/mol. The maximum absolute atomic E-state index is 11.8. The fraction of sp³-hybridized carbons (Fsp3) is 0. The van der Waals surface area contributed by atoms with Gasteiger partial charge in [0.25, 0.3) is 0 Å². The van der Waals surface area contributed by atoms with Crippen LogP contribution >= 0.6 is 11.6 Å². The molecule has 2 N–H and O–H groups in total. The van der Waals surface area contributed by atoms with Crippen LogP contribution in [0.25, 0.3) is 16.9 Å². The maximum atomic E-state index is 11.8. The molecule has 0 fully saturated rings. The molecule has 0 radical (unpaired) electrons. The van der Waals surface area contributed by atoms with E-state index in [1.807, 2.05) is 24.3 Å². The molecule has 0 atom stereocenters. The summed E-state index contributed by atoms with van der Waals surface area (Å²) < 4.78 is 25.4. The number of hydrogen-bond acceptors (Lipinski definition) is 2. The van der Waals surface area contributed by atoms with Gasteiger partial charge in [-0.25, -0.2) is 13.6 Å². The van der Waals surface area contributed by atoms with Crippen LogP contribution in [0.15, 0.2) is 71.8 Å². The summed E-state index contributed by atoms with van der Waals surface area (Å²) in [5.74, 6) is 0. The second kappa shape index (κ2) is 5.61. The first-order valence-corrected chi connectivity index (χ1v) is 8.45. The lowest BCUT2D eigenvalue weighted by atomic mass is 10.1. The normalized spacial score (nSPS) is 11.5. The lowest BCUT2D eigenvalue weighted by Crippen LogP contribution is -2.15. The molecular formula is C16H13ClN2O2S. The molecule has 22 heavy (non-hydrogen) atoms.